The largest absolute Gasteiger partial charge is 0.493 e. The number of benzene rings is 2. The summed E-state index contributed by atoms with van der Waals surface area (Å²) in [5.74, 6) is 0.472. The number of rotatable bonds is 6. The van der Waals surface area contributed by atoms with Gasteiger partial charge in [-0.25, -0.2) is 0 Å². The number of hydrogen-bond donors (Lipinski definition) is 1. The molecule has 2 aromatic carbocycles. The van der Waals surface area contributed by atoms with Gasteiger partial charge < -0.3 is 14.6 Å². The summed E-state index contributed by atoms with van der Waals surface area (Å²) in [6.07, 6.45) is 1.50. The number of carboxylic acid groups (broad SMARTS) is 1. The molecule has 1 heterocycles. The smallest absolute Gasteiger partial charge is 0.320 e. The maximum absolute atomic E-state index is 11.7. The lowest BCUT2D eigenvalue weighted by atomic mass is 9.96. The van der Waals surface area contributed by atoms with E-state index in [4.69, 9.17) is 21.1 Å². The summed E-state index contributed by atoms with van der Waals surface area (Å²) in [5, 5.41) is 10.3. The van der Waals surface area contributed by atoms with Crippen molar-refractivity contribution in [1.82, 2.24) is 4.90 Å². The van der Waals surface area contributed by atoms with Gasteiger partial charge in [0.1, 0.15) is 6.04 Å². The van der Waals surface area contributed by atoms with Crippen LogP contribution in [0.15, 0.2) is 42.5 Å². The molecular formula is C20H22ClNO4. The molecule has 1 N–H and O–H groups in total. The molecule has 138 valence electrons. The van der Waals surface area contributed by atoms with E-state index in [9.17, 15) is 9.90 Å². The quantitative estimate of drug-likeness (QED) is 0.827. The molecule has 0 aliphatic carbocycles. The molecule has 5 nitrogen and oxygen atoms in total. The van der Waals surface area contributed by atoms with Gasteiger partial charge in [0.15, 0.2) is 11.5 Å². The van der Waals surface area contributed by atoms with Crippen LogP contribution >= 0.6 is 11.6 Å². The average Bonchev–Trinajstić information content (AvgIpc) is 3.13. The molecule has 0 bridgehead atoms. The molecule has 1 fully saturated rings. The third-order valence-electron chi connectivity index (χ3n) is 4.82. The molecule has 2 aromatic rings. The van der Waals surface area contributed by atoms with E-state index in [0.717, 1.165) is 24.1 Å². The molecule has 0 saturated carbocycles. The van der Waals surface area contributed by atoms with Gasteiger partial charge in [-0.2, -0.15) is 0 Å². The Morgan fingerprint density at radius 2 is 1.77 bits per heavy atom. The van der Waals surface area contributed by atoms with E-state index >= 15 is 0 Å². The number of methoxy groups -OCH3 is 2. The maximum Gasteiger partial charge on any atom is 0.320 e. The molecule has 26 heavy (non-hydrogen) atoms. The van der Waals surface area contributed by atoms with Crippen LogP contribution in [-0.2, 0) is 4.79 Å². The first-order valence-corrected chi connectivity index (χ1v) is 8.89. The zero-order valence-corrected chi connectivity index (χ0v) is 15.6. The summed E-state index contributed by atoms with van der Waals surface area (Å²) < 4.78 is 10.8. The molecule has 1 aliphatic heterocycles. The van der Waals surface area contributed by atoms with Crippen LogP contribution in [0.25, 0.3) is 0 Å². The van der Waals surface area contributed by atoms with Crippen molar-refractivity contribution in [2.24, 2.45) is 0 Å². The van der Waals surface area contributed by atoms with Crippen molar-refractivity contribution in [3.63, 3.8) is 0 Å². The predicted octanol–water partition coefficient (Wildman–Crippen LogP) is 4.00. The fourth-order valence-corrected chi connectivity index (χ4v) is 3.73. The van der Waals surface area contributed by atoms with Crippen LogP contribution in [-0.4, -0.2) is 42.8 Å². The van der Waals surface area contributed by atoms with E-state index in [-0.39, 0.29) is 6.04 Å². The minimum atomic E-state index is -0.790. The third-order valence-corrected chi connectivity index (χ3v) is 5.07. The number of likely N-dealkylation sites (tertiary alicyclic amines) is 1. The van der Waals surface area contributed by atoms with Crippen LogP contribution < -0.4 is 9.47 Å². The summed E-state index contributed by atoms with van der Waals surface area (Å²) in [7, 11) is 3.18. The Morgan fingerprint density at radius 3 is 2.38 bits per heavy atom. The summed E-state index contributed by atoms with van der Waals surface area (Å²) in [6, 6.07) is 12.6. The Morgan fingerprint density at radius 1 is 1.12 bits per heavy atom. The lowest BCUT2D eigenvalue weighted by molar-refractivity contribution is -0.142. The lowest BCUT2D eigenvalue weighted by Gasteiger charge is -2.32. The molecule has 3 rings (SSSR count). The highest BCUT2D eigenvalue weighted by Crippen LogP contribution is 2.38. The highest BCUT2D eigenvalue weighted by atomic mass is 35.5. The third kappa shape index (κ3) is 3.64. The van der Waals surface area contributed by atoms with Crippen LogP contribution in [0.1, 0.15) is 30.0 Å². The maximum atomic E-state index is 11.7. The monoisotopic (exact) mass is 375 g/mol. The Kier molecular flexibility index (Phi) is 5.69. The summed E-state index contributed by atoms with van der Waals surface area (Å²) in [4.78, 5) is 13.8. The molecule has 0 spiro atoms. The Hall–Kier alpha value is -2.24. The molecule has 2 unspecified atom stereocenters. The molecular weight excluding hydrogens is 354 g/mol. The summed E-state index contributed by atoms with van der Waals surface area (Å²) in [5.41, 5.74) is 1.95. The van der Waals surface area contributed by atoms with Gasteiger partial charge in [-0.1, -0.05) is 29.8 Å². The van der Waals surface area contributed by atoms with Gasteiger partial charge in [-0.05, 0) is 48.2 Å². The Bertz CT molecular complexity index is 778. The van der Waals surface area contributed by atoms with Crippen molar-refractivity contribution in [3.8, 4) is 11.5 Å². The van der Waals surface area contributed by atoms with Crippen LogP contribution in [0.4, 0.5) is 0 Å². The van der Waals surface area contributed by atoms with Crippen LogP contribution in [0.5, 0.6) is 11.5 Å². The van der Waals surface area contributed by atoms with Crippen LogP contribution in [0.2, 0.25) is 5.02 Å². The number of carbonyl (C=O) groups is 1. The molecule has 0 amide bonds. The second-order valence-electron chi connectivity index (χ2n) is 6.30. The number of hydrogen-bond acceptors (Lipinski definition) is 4. The lowest BCUT2D eigenvalue weighted by Crippen LogP contribution is -2.39. The molecule has 0 aromatic heterocycles. The van der Waals surface area contributed by atoms with Gasteiger partial charge in [0.25, 0.3) is 0 Å². The standard InChI is InChI=1S/C20H22ClNO4/c1-25-17-10-7-14(12-18(17)26-2)19(13-5-8-15(21)9-6-13)22-11-3-4-16(22)20(23)24/h5-10,12,16,19H,3-4,11H2,1-2H3,(H,23,24). The first kappa shape index (κ1) is 18.5. The highest BCUT2D eigenvalue weighted by molar-refractivity contribution is 6.30. The van der Waals surface area contributed by atoms with Crippen molar-refractivity contribution in [2.75, 3.05) is 20.8 Å². The number of carboxylic acids is 1. The first-order valence-electron chi connectivity index (χ1n) is 8.51. The molecule has 1 aliphatic rings. The number of aliphatic carboxylic acids is 1. The van der Waals surface area contributed by atoms with Crippen LogP contribution in [0.3, 0.4) is 0 Å². The van der Waals surface area contributed by atoms with Crippen LogP contribution in [0, 0.1) is 0 Å². The minimum Gasteiger partial charge on any atom is -0.493 e. The van der Waals surface area contributed by atoms with Crippen molar-refractivity contribution in [2.45, 2.75) is 24.9 Å². The molecule has 1 saturated heterocycles. The molecule has 6 heteroatoms. The van der Waals surface area contributed by atoms with E-state index in [2.05, 4.69) is 0 Å². The van der Waals surface area contributed by atoms with Crippen molar-refractivity contribution < 1.29 is 19.4 Å². The van der Waals surface area contributed by atoms with E-state index in [1.807, 2.05) is 47.4 Å². The van der Waals surface area contributed by atoms with Crippen molar-refractivity contribution in [1.29, 1.82) is 0 Å². The second-order valence-corrected chi connectivity index (χ2v) is 6.74. The van der Waals surface area contributed by atoms with Gasteiger partial charge in [-0.15, -0.1) is 0 Å². The minimum absolute atomic E-state index is 0.198. The Balaban J connectivity index is 2.09. The van der Waals surface area contributed by atoms with E-state index in [0.29, 0.717) is 22.9 Å². The second kappa shape index (κ2) is 7.98. The zero-order valence-electron chi connectivity index (χ0n) is 14.8. The van der Waals surface area contributed by atoms with Gasteiger partial charge >= 0.3 is 5.97 Å². The van der Waals surface area contributed by atoms with Crippen molar-refractivity contribution in [3.05, 3.63) is 58.6 Å². The number of ether oxygens (including phenoxy) is 2. The van der Waals surface area contributed by atoms with E-state index in [1.165, 1.54) is 0 Å². The van der Waals surface area contributed by atoms with Gasteiger partial charge in [0, 0.05) is 11.6 Å². The molecule has 2 atom stereocenters. The van der Waals surface area contributed by atoms with E-state index in [1.54, 1.807) is 14.2 Å². The fraction of sp³-hybridized carbons (Fsp3) is 0.350. The van der Waals surface area contributed by atoms with Crippen molar-refractivity contribution >= 4 is 17.6 Å². The molecule has 0 radical (unpaired) electrons. The fourth-order valence-electron chi connectivity index (χ4n) is 3.61. The normalized spacial score (nSPS) is 18.5. The van der Waals surface area contributed by atoms with Gasteiger partial charge in [-0.3, -0.25) is 9.69 Å². The topological polar surface area (TPSA) is 59.0 Å². The summed E-state index contributed by atoms with van der Waals surface area (Å²) in [6.45, 7) is 0.721. The predicted molar refractivity (Wildman–Crippen MR) is 100 cm³/mol. The van der Waals surface area contributed by atoms with Gasteiger partial charge in [0.2, 0.25) is 0 Å². The zero-order chi connectivity index (χ0) is 18.7. The SMILES string of the molecule is COc1ccc(C(c2ccc(Cl)cc2)N2CCCC2C(=O)O)cc1OC. The number of halogens is 1. The highest BCUT2D eigenvalue weighted by Gasteiger charge is 2.37. The Labute approximate surface area is 158 Å². The van der Waals surface area contributed by atoms with Gasteiger partial charge in [0.05, 0.1) is 20.3 Å². The number of nitrogens with zero attached hydrogens (tertiary/aromatic N) is 1. The average molecular weight is 376 g/mol. The first-order chi connectivity index (χ1) is 12.5. The van der Waals surface area contributed by atoms with E-state index < -0.39 is 12.0 Å². The summed E-state index contributed by atoms with van der Waals surface area (Å²) >= 11 is 6.04.